The number of alkyl halides is 6. The van der Waals surface area contributed by atoms with E-state index < -0.39 is 24.8 Å². The van der Waals surface area contributed by atoms with Gasteiger partial charge in [-0.25, -0.2) is 0 Å². The molecule has 0 heterocycles. The maximum absolute atomic E-state index is 12.0. The van der Waals surface area contributed by atoms with Crippen molar-refractivity contribution in [3.05, 3.63) is 29.8 Å². The molecule has 0 spiro atoms. The second kappa shape index (κ2) is 6.12. The molecule has 0 saturated heterocycles. The molecule has 0 atom stereocenters. The highest BCUT2D eigenvalue weighted by Gasteiger charge is 2.38. The van der Waals surface area contributed by atoms with Crippen LogP contribution >= 0.6 is 0 Å². The average molecular weight is 300 g/mol. The van der Waals surface area contributed by atoms with Gasteiger partial charge in [0.05, 0.1) is 6.54 Å². The van der Waals surface area contributed by atoms with Crippen LogP contribution in [0.4, 0.5) is 32.0 Å². The van der Waals surface area contributed by atoms with Crippen molar-refractivity contribution in [3.63, 3.8) is 0 Å². The third-order valence-electron chi connectivity index (χ3n) is 2.10. The van der Waals surface area contributed by atoms with E-state index in [1.54, 1.807) is 5.32 Å². The van der Waals surface area contributed by atoms with E-state index in [4.69, 9.17) is 0 Å². The van der Waals surface area contributed by atoms with Gasteiger partial charge >= 0.3 is 18.3 Å². The monoisotopic (exact) mass is 300 g/mol. The zero-order valence-corrected chi connectivity index (χ0v) is 9.90. The fourth-order valence-electron chi connectivity index (χ4n) is 1.31. The van der Waals surface area contributed by atoms with Crippen LogP contribution in [0.3, 0.4) is 0 Å². The molecule has 0 unspecified atom stereocenters. The van der Waals surface area contributed by atoms with E-state index in [-0.39, 0.29) is 12.2 Å². The van der Waals surface area contributed by atoms with Gasteiger partial charge in [0.2, 0.25) is 0 Å². The Morgan fingerprint density at radius 3 is 2.30 bits per heavy atom. The SMILES string of the molecule is O=C(Nc1cccc(CNCC(F)(F)F)c1)C(F)(F)F. The van der Waals surface area contributed by atoms with Crippen LogP contribution in [0.25, 0.3) is 0 Å². The van der Waals surface area contributed by atoms with Crippen LogP contribution in [0.1, 0.15) is 5.56 Å². The largest absolute Gasteiger partial charge is 0.471 e. The molecule has 1 amide bonds. The van der Waals surface area contributed by atoms with Gasteiger partial charge in [-0.15, -0.1) is 0 Å². The third kappa shape index (κ3) is 5.91. The minimum Gasteiger partial charge on any atom is -0.318 e. The van der Waals surface area contributed by atoms with E-state index in [0.717, 1.165) is 6.07 Å². The van der Waals surface area contributed by atoms with Crippen molar-refractivity contribution < 1.29 is 31.1 Å². The first kappa shape index (κ1) is 16.3. The van der Waals surface area contributed by atoms with Gasteiger partial charge in [0.1, 0.15) is 0 Å². The van der Waals surface area contributed by atoms with Gasteiger partial charge < -0.3 is 10.6 Å². The smallest absolute Gasteiger partial charge is 0.318 e. The van der Waals surface area contributed by atoms with E-state index in [2.05, 4.69) is 5.32 Å². The molecule has 20 heavy (non-hydrogen) atoms. The first-order chi connectivity index (χ1) is 9.08. The molecule has 0 aliphatic rings. The van der Waals surface area contributed by atoms with Crippen LogP contribution in [-0.4, -0.2) is 24.8 Å². The minimum atomic E-state index is -5.02. The Labute approximate surface area is 110 Å². The molecule has 112 valence electrons. The Hall–Kier alpha value is -1.77. The van der Waals surface area contributed by atoms with E-state index in [9.17, 15) is 31.1 Å². The van der Waals surface area contributed by atoms with Crippen LogP contribution in [0.2, 0.25) is 0 Å². The standard InChI is InChI=1S/C11H10F6N2O/c12-10(13,14)6-18-5-7-2-1-3-8(4-7)19-9(20)11(15,16)17/h1-4,18H,5-6H2,(H,19,20). The first-order valence-electron chi connectivity index (χ1n) is 5.32. The highest BCUT2D eigenvalue weighted by atomic mass is 19.4. The number of carbonyl (C=O) groups excluding carboxylic acids is 1. The quantitative estimate of drug-likeness (QED) is 0.840. The van der Waals surface area contributed by atoms with Crippen molar-refractivity contribution in [2.24, 2.45) is 0 Å². The van der Waals surface area contributed by atoms with E-state index >= 15 is 0 Å². The van der Waals surface area contributed by atoms with Gasteiger partial charge in [0, 0.05) is 12.2 Å². The molecule has 2 N–H and O–H groups in total. The molecule has 1 aromatic rings. The number of anilines is 1. The fourth-order valence-corrected chi connectivity index (χ4v) is 1.31. The van der Waals surface area contributed by atoms with Gasteiger partial charge in [-0.05, 0) is 17.7 Å². The third-order valence-corrected chi connectivity index (χ3v) is 2.10. The molecule has 0 fully saturated rings. The van der Waals surface area contributed by atoms with Crippen molar-refractivity contribution in [1.29, 1.82) is 0 Å². The van der Waals surface area contributed by atoms with Crippen LogP contribution in [0.5, 0.6) is 0 Å². The fraction of sp³-hybridized carbons (Fsp3) is 0.364. The number of benzene rings is 1. The number of nitrogens with one attached hydrogen (secondary N) is 2. The van der Waals surface area contributed by atoms with Crippen molar-refractivity contribution in [1.82, 2.24) is 5.32 Å². The molecule has 0 aromatic heterocycles. The second-order valence-corrected chi connectivity index (χ2v) is 3.87. The van der Waals surface area contributed by atoms with Crippen molar-refractivity contribution in [3.8, 4) is 0 Å². The summed E-state index contributed by atoms with van der Waals surface area (Å²) in [7, 11) is 0. The lowest BCUT2D eigenvalue weighted by molar-refractivity contribution is -0.167. The summed E-state index contributed by atoms with van der Waals surface area (Å²) in [4.78, 5) is 10.7. The summed E-state index contributed by atoms with van der Waals surface area (Å²) in [6, 6.07) is 5.12. The lowest BCUT2D eigenvalue weighted by Gasteiger charge is -2.11. The first-order valence-corrected chi connectivity index (χ1v) is 5.32. The summed E-state index contributed by atoms with van der Waals surface area (Å²) in [5.41, 5.74) is 0.174. The van der Waals surface area contributed by atoms with Crippen LogP contribution in [-0.2, 0) is 11.3 Å². The number of carbonyl (C=O) groups is 1. The molecule has 0 bridgehead atoms. The Balaban J connectivity index is 2.60. The van der Waals surface area contributed by atoms with Crippen LogP contribution < -0.4 is 10.6 Å². The van der Waals surface area contributed by atoms with Gasteiger partial charge in [-0.2, -0.15) is 26.3 Å². The molecule has 0 aliphatic carbocycles. The number of hydrogen-bond donors (Lipinski definition) is 2. The molecule has 0 saturated carbocycles. The van der Waals surface area contributed by atoms with Crippen molar-refractivity contribution in [2.75, 3.05) is 11.9 Å². The predicted molar refractivity (Wildman–Crippen MR) is 58.9 cm³/mol. The van der Waals surface area contributed by atoms with Crippen molar-refractivity contribution >= 4 is 11.6 Å². The minimum absolute atomic E-state index is 0.140. The Kier molecular flexibility index (Phi) is 4.98. The zero-order valence-electron chi connectivity index (χ0n) is 9.90. The Morgan fingerprint density at radius 2 is 1.75 bits per heavy atom. The number of hydrogen-bond acceptors (Lipinski definition) is 2. The summed E-state index contributed by atoms with van der Waals surface area (Å²) in [5.74, 6) is -2.14. The number of rotatable bonds is 4. The molecule has 0 aliphatic heterocycles. The summed E-state index contributed by atoms with van der Waals surface area (Å²) in [5, 5.41) is 3.71. The summed E-state index contributed by atoms with van der Waals surface area (Å²) < 4.78 is 71.7. The van der Waals surface area contributed by atoms with Crippen molar-refractivity contribution in [2.45, 2.75) is 18.9 Å². The molecule has 1 aromatic carbocycles. The Morgan fingerprint density at radius 1 is 1.10 bits per heavy atom. The molecule has 3 nitrogen and oxygen atoms in total. The number of halogens is 6. The topological polar surface area (TPSA) is 41.1 Å². The second-order valence-electron chi connectivity index (χ2n) is 3.87. The lowest BCUT2D eigenvalue weighted by atomic mass is 10.2. The van der Waals surface area contributed by atoms with E-state index in [1.807, 2.05) is 0 Å². The predicted octanol–water partition coefficient (Wildman–Crippen LogP) is 2.84. The molecule has 9 heteroatoms. The molecule has 1 rings (SSSR count). The average Bonchev–Trinajstić information content (AvgIpc) is 2.26. The summed E-state index contributed by atoms with van der Waals surface area (Å²) >= 11 is 0. The highest BCUT2D eigenvalue weighted by Crippen LogP contribution is 2.19. The summed E-state index contributed by atoms with van der Waals surface area (Å²) in [6.45, 7) is -1.40. The summed E-state index contributed by atoms with van der Waals surface area (Å²) in [6.07, 6.45) is -9.40. The molecular formula is C11H10F6N2O. The van der Waals surface area contributed by atoms with E-state index in [1.165, 1.54) is 18.2 Å². The van der Waals surface area contributed by atoms with Gasteiger partial charge in [-0.3, -0.25) is 4.79 Å². The van der Waals surface area contributed by atoms with E-state index in [0.29, 0.717) is 5.56 Å². The van der Waals surface area contributed by atoms with Crippen LogP contribution in [0.15, 0.2) is 24.3 Å². The molecular weight excluding hydrogens is 290 g/mol. The van der Waals surface area contributed by atoms with Gasteiger partial charge in [-0.1, -0.05) is 12.1 Å². The Bertz CT molecular complexity index is 469. The zero-order chi connectivity index (χ0) is 15.4. The number of amides is 1. The highest BCUT2D eigenvalue weighted by molar-refractivity contribution is 5.94. The lowest BCUT2D eigenvalue weighted by Crippen LogP contribution is -2.30. The maximum Gasteiger partial charge on any atom is 0.471 e. The van der Waals surface area contributed by atoms with Crippen LogP contribution in [0, 0.1) is 0 Å². The van der Waals surface area contributed by atoms with Gasteiger partial charge in [0.15, 0.2) is 0 Å². The maximum atomic E-state index is 12.0. The molecule has 0 radical (unpaired) electrons. The van der Waals surface area contributed by atoms with Gasteiger partial charge in [0.25, 0.3) is 0 Å². The normalized spacial score (nSPS) is 12.3.